The molecule has 0 unspecified atom stereocenters. The van der Waals surface area contributed by atoms with Crippen LogP contribution >= 0.6 is 11.8 Å². The van der Waals surface area contributed by atoms with Crippen molar-refractivity contribution in [3.8, 4) is 11.5 Å². The van der Waals surface area contributed by atoms with Crippen LogP contribution in [0.25, 0.3) is 0 Å². The minimum absolute atomic E-state index is 0.0212. The Balaban J connectivity index is 1.21. The van der Waals surface area contributed by atoms with Gasteiger partial charge in [0, 0.05) is 50.4 Å². The number of rotatable bonds is 10. The molecule has 1 aliphatic rings. The predicted molar refractivity (Wildman–Crippen MR) is 140 cm³/mol. The predicted octanol–water partition coefficient (Wildman–Crippen LogP) is 4.15. The number of amides is 1. The lowest BCUT2D eigenvalue weighted by molar-refractivity contribution is -0.117. The number of piperazine rings is 1. The van der Waals surface area contributed by atoms with Gasteiger partial charge >= 0.3 is 0 Å². The van der Waals surface area contributed by atoms with E-state index in [0.29, 0.717) is 6.54 Å². The molecule has 0 radical (unpaired) electrons. The van der Waals surface area contributed by atoms with Gasteiger partial charge in [0.25, 0.3) is 0 Å². The molecule has 8 heteroatoms. The van der Waals surface area contributed by atoms with E-state index in [9.17, 15) is 4.79 Å². The summed E-state index contributed by atoms with van der Waals surface area (Å²) in [7, 11) is 3.30. The molecule has 2 aromatic carbocycles. The number of nitrogens with zero attached hydrogens (tertiary/aromatic N) is 3. The minimum Gasteiger partial charge on any atom is -0.493 e. The van der Waals surface area contributed by atoms with E-state index in [-0.39, 0.29) is 5.91 Å². The Labute approximate surface area is 211 Å². The Bertz CT molecular complexity index is 1100. The van der Waals surface area contributed by atoms with Crippen molar-refractivity contribution in [2.24, 2.45) is 0 Å². The van der Waals surface area contributed by atoms with Gasteiger partial charge in [0.05, 0.1) is 25.8 Å². The second-order valence-corrected chi connectivity index (χ2v) is 9.44. The number of aromatic nitrogens is 1. The van der Waals surface area contributed by atoms with Gasteiger partial charge in [0.15, 0.2) is 11.5 Å². The minimum atomic E-state index is 0.0212. The molecule has 2 heterocycles. The van der Waals surface area contributed by atoms with Crippen LogP contribution in [0.5, 0.6) is 11.5 Å². The van der Waals surface area contributed by atoms with Crippen LogP contribution in [0.15, 0.2) is 71.9 Å². The Morgan fingerprint density at radius 1 is 0.914 bits per heavy atom. The van der Waals surface area contributed by atoms with Gasteiger partial charge in [-0.05, 0) is 47.5 Å². The van der Waals surface area contributed by atoms with Gasteiger partial charge in [-0.2, -0.15) is 0 Å². The Morgan fingerprint density at radius 2 is 1.71 bits per heavy atom. The highest BCUT2D eigenvalue weighted by Gasteiger charge is 2.19. The molecule has 35 heavy (non-hydrogen) atoms. The van der Waals surface area contributed by atoms with Crippen molar-refractivity contribution >= 4 is 23.4 Å². The third kappa shape index (κ3) is 7.45. The summed E-state index contributed by atoms with van der Waals surface area (Å²) in [5.74, 6) is 2.32. The average molecular weight is 493 g/mol. The first-order chi connectivity index (χ1) is 17.1. The summed E-state index contributed by atoms with van der Waals surface area (Å²) >= 11 is 1.68. The Morgan fingerprint density at radius 3 is 2.46 bits per heavy atom. The number of pyridine rings is 1. The molecule has 0 saturated carbocycles. The van der Waals surface area contributed by atoms with Crippen LogP contribution in [0, 0.1) is 0 Å². The standard InChI is InChI=1S/C27H32N4O3S/c1-33-24-10-9-21(17-25(24)34-2)18-30-12-14-31(15-13-30)19-26(32)29-23-7-5-6-22(16-23)20-35-27-8-3-4-11-28-27/h3-11,16-17H,12-15,18-20H2,1-2H3,(H,29,32). The van der Waals surface area contributed by atoms with Crippen molar-refractivity contribution < 1.29 is 14.3 Å². The molecule has 0 atom stereocenters. The third-order valence-corrected chi connectivity index (χ3v) is 6.94. The maximum atomic E-state index is 12.7. The number of carbonyl (C=O) groups excluding carboxylic acids is 1. The fourth-order valence-electron chi connectivity index (χ4n) is 4.07. The van der Waals surface area contributed by atoms with Crippen molar-refractivity contribution in [2.45, 2.75) is 17.3 Å². The van der Waals surface area contributed by atoms with Crippen molar-refractivity contribution in [3.05, 3.63) is 78.0 Å². The fourth-order valence-corrected chi connectivity index (χ4v) is 4.88. The Hall–Kier alpha value is -3.07. The van der Waals surface area contributed by atoms with E-state index in [0.717, 1.165) is 66.3 Å². The molecule has 1 fully saturated rings. The highest BCUT2D eigenvalue weighted by atomic mass is 32.2. The molecule has 0 aliphatic carbocycles. The lowest BCUT2D eigenvalue weighted by atomic mass is 10.1. The number of thioether (sulfide) groups is 1. The molecule has 1 aliphatic heterocycles. The SMILES string of the molecule is COc1ccc(CN2CCN(CC(=O)Nc3cccc(CSc4ccccn4)c3)CC2)cc1OC. The van der Waals surface area contributed by atoms with Crippen molar-refractivity contribution in [1.29, 1.82) is 0 Å². The van der Waals surface area contributed by atoms with E-state index in [1.165, 1.54) is 5.56 Å². The summed E-state index contributed by atoms with van der Waals surface area (Å²) in [6, 6.07) is 20.0. The van der Waals surface area contributed by atoms with Crippen molar-refractivity contribution in [3.63, 3.8) is 0 Å². The summed E-state index contributed by atoms with van der Waals surface area (Å²) < 4.78 is 10.7. The van der Waals surface area contributed by atoms with E-state index in [4.69, 9.17) is 9.47 Å². The number of nitrogens with one attached hydrogen (secondary N) is 1. The quantitative estimate of drug-likeness (QED) is 0.427. The highest BCUT2D eigenvalue weighted by molar-refractivity contribution is 7.98. The van der Waals surface area contributed by atoms with Crippen molar-refractivity contribution in [2.75, 3.05) is 52.3 Å². The number of hydrogen-bond acceptors (Lipinski definition) is 7. The van der Waals surface area contributed by atoms with Crippen LogP contribution in [0.4, 0.5) is 5.69 Å². The maximum absolute atomic E-state index is 12.7. The van der Waals surface area contributed by atoms with E-state index < -0.39 is 0 Å². The second-order valence-electron chi connectivity index (χ2n) is 8.45. The van der Waals surface area contributed by atoms with Gasteiger partial charge in [0.2, 0.25) is 5.91 Å². The topological polar surface area (TPSA) is 66.9 Å². The summed E-state index contributed by atoms with van der Waals surface area (Å²) in [5.41, 5.74) is 3.18. The van der Waals surface area contributed by atoms with E-state index in [1.807, 2.05) is 48.5 Å². The first kappa shape index (κ1) is 25.0. The highest BCUT2D eigenvalue weighted by Crippen LogP contribution is 2.28. The summed E-state index contributed by atoms with van der Waals surface area (Å²) in [5, 5.41) is 4.05. The van der Waals surface area contributed by atoms with Gasteiger partial charge in [0.1, 0.15) is 0 Å². The smallest absolute Gasteiger partial charge is 0.238 e. The van der Waals surface area contributed by atoms with E-state index in [2.05, 4.69) is 32.2 Å². The van der Waals surface area contributed by atoms with Gasteiger partial charge in [-0.15, -0.1) is 11.8 Å². The number of benzene rings is 2. The number of anilines is 1. The fraction of sp³-hybridized carbons (Fsp3) is 0.333. The monoisotopic (exact) mass is 492 g/mol. The first-order valence-corrected chi connectivity index (χ1v) is 12.7. The van der Waals surface area contributed by atoms with Gasteiger partial charge in [-0.3, -0.25) is 14.6 Å². The molecular formula is C27H32N4O3S. The number of ether oxygens (including phenoxy) is 2. The molecule has 3 aromatic rings. The summed E-state index contributed by atoms with van der Waals surface area (Å²) in [6.45, 7) is 4.81. The summed E-state index contributed by atoms with van der Waals surface area (Å²) in [6.07, 6.45) is 1.80. The zero-order chi connectivity index (χ0) is 24.5. The van der Waals surface area contributed by atoms with E-state index in [1.54, 1.807) is 32.2 Å². The van der Waals surface area contributed by atoms with Crippen LogP contribution in [0.2, 0.25) is 0 Å². The van der Waals surface area contributed by atoms with Crippen LogP contribution in [-0.2, 0) is 17.1 Å². The van der Waals surface area contributed by atoms with Gasteiger partial charge < -0.3 is 14.8 Å². The lowest BCUT2D eigenvalue weighted by Crippen LogP contribution is -2.48. The Kier molecular flexibility index (Phi) is 9.00. The number of carbonyl (C=O) groups is 1. The van der Waals surface area contributed by atoms with Gasteiger partial charge in [-0.25, -0.2) is 4.98 Å². The normalized spacial score (nSPS) is 14.5. The molecule has 1 N–H and O–H groups in total. The molecule has 0 spiro atoms. The van der Waals surface area contributed by atoms with Gasteiger partial charge in [-0.1, -0.05) is 24.3 Å². The molecule has 1 aromatic heterocycles. The molecule has 1 saturated heterocycles. The number of methoxy groups -OCH3 is 2. The number of hydrogen-bond donors (Lipinski definition) is 1. The first-order valence-electron chi connectivity index (χ1n) is 11.7. The third-order valence-electron chi connectivity index (χ3n) is 5.92. The van der Waals surface area contributed by atoms with Crippen LogP contribution in [0.1, 0.15) is 11.1 Å². The maximum Gasteiger partial charge on any atom is 0.238 e. The average Bonchev–Trinajstić information content (AvgIpc) is 2.89. The van der Waals surface area contributed by atoms with Crippen molar-refractivity contribution in [1.82, 2.24) is 14.8 Å². The lowest BCUT2D eigenvalue weighted by Gasteiger charge is -2.34. The van der Waals surface area contributed by atoms with E-state index >= 15 is 0 Å². The second kappa shape index (κ2) is 12.6. The zero-order valence-electron chi connectivity index (χ0n) is 20.3. The van der Waals surface area contributed by atoms with Crippen LogP contribution in [-0.4, -0.2) is 67.6 Å². The van der Waals surface area contributed by atoms with Crippen LogP contribution < -0.4 is 14.8 Å². The molecular weight excluding hydrogens is 460 g/mol. The zero-order valence-corrected chi connectivity index (χ0v) is 21.1. The molecule has 1 amide bonds. The molecule has 4 rings (SSSR count). The summed E-state index contributed by atoms with van der Waals surface area (Å²) in [4.78, 5) is 21.6. The molecule has 0 bridgehead atoms. The van der Waals surface area contributed by atoms with Crippen LogP contribution in [0.3, 0.4) is 0 Å². The molecule has 7 nitrogen and oxygen atoms in total. The largest absolute Gasteiger partial charge is 0.493 e. The molecule has 184 valence electrons.